The number of carbonyl (C=O) groups excluding carboxylic acids is 1. The highest BCUT2D eigenvalue weighted by molar-refractivity contribution is 6.08. The summed E-state index contributed by atoms with van der Waals surface area (Å²) in [7, 11) is 2.95. The van der Waals surface area contributed by atoms with E-state index in [0.29, 0.717) is 22.7 Å². The Morgan fingerprint density at radius 3 is 2.33 bits per heavy atom. The Morgan fingerprint density at radius 2 is 1.86 bits per heavy atom. The van der Waals surface area contributed by atoms with Gasteiger partial charge in [0.15, 0.2) is 17.3 Å². The molecule has 1 aromatic rings. The van der Waals surface area contributed by atoms with Crippen molar-refractivity contribution in [1.82, 2.24) is 0 Å². The highest BCUT2D eigenvalue weighted by Crippen LogP contribution is 2.40. The van der Waals surface area contributed by atoms with Crippen molar-refractivity contribution in [3.05, 3.63) is 17.7 Å². The van der Waals surface area contributed by atoms with Crippen LogP contribution in [0.5, 0.6) is 11.5 Å². The molecule has 6 heteroatoms. The van der Waals surface area contributed by atoms with E-state index in [-0.39, 0.29) is 24.2 Å². The number of ketones is 1. The topological polar surface area (TPSA) is 76.1 Å². The maximum absolute atomic E-state index is 12.3. The first-order valence-electron chi connectivity index (χ1n) is 6.72. The van der Waals surface area contributed by atoms with E-state index in [1.165, 1.54) is 19.1 Å². The molecule has 0 fully saturated rings. The second-order valence-electron chi connectivity index (χ2n) is 5.32. The number of rotatable bonds is 3. The fourth-order valence-corrected chi connectivity index (χ4v) is 2.64. The number of hydrogen-bond donors (Lipinski definition) is 1. The fourth-order valence-electron chi connectivity index (χ4n) is 2.64. The summed E-state index contributed by atoms with van der Waals surface area (Å²) in [6, 6.07) is 2.72. The predicted molar refractivity (Wildman–Crippen MR) is 77.6 cm³/mol. The molecule has 1 atom stereocenters. The van der Waals surface area contributed by atoms with E-state index in [2.05, 4.69) is 0 Å². The lowest BCUT2D eigenvalue weighted by molar-refractivity contribution is 0.0956. The molecule has 1 amide bonds. The van der Waals surface area contributed by atoms with Gasteiger partial charge in [0.2, 0.25) is 0 Å². The number of Topliss-reactive ketones (excluding diaryl/α,β-unsaturated/α-hetero) is 1. The van der Waals surface area contributed by atoms with E-state index in [1.54, 1.807) is 12.1 Å². The Balaban J connectivity index is 2.64. The first kappa shape index (κ1) is 15.2. The van der Waals surface area contributed by atoms with Gasteiger partial charge in [0, 0.05) is 24.1 Å². The van der Waals surface area contributed by atoms with Crippen LogP contribution >= 0.6 is 0 Å². The van der Waals surface area contributed by atoms with Crippen molar-refractivity contribution in [3.63, 3.8) is 0 Å². The van der Waals surface area contributed by atoms with Crippen LogP contribution in [0.25, 0.3) is 0 Å². The smallest absolute Gasteiger partial charge is 0.412 e. The SMILES string of the molecule is COc1cc2c(cc1OC)N(C(=O)O)C(C(C)C)CC2=O. The van der Waals surface area contributed by atoms with Crippen LogP contribution in [0.1, 0.15) is 30.6 Å². The molecule has 0 aromatic heterocycles. The van der Waals surface area contributed by atoms with Crippen molar-refractivity contribution in [2.45, 2.75) is 26.3 Å². The zero-order valence-corrected chi connectivity index (χ0v) is 12.5. The summed E-state index contributed by atoms with van der Waals surface area (Å²) in [5, 5.41) is 9.52. The van der Waals surface area contributed by atoms with Crippen molar-refractivity contribution in [2.24, 2.45) is 5.92 Å². The van der Waals surface area contributed by atoms with Crippen molar-refractivity contribution >= 4 is 17.6 Å². The van der Waals surface area contributed by atoms with Gasteiger partial charge in [-0.3, -0.25) is 9.69 Å². The molecule has 1 N–H and O–H groups in total. The van der Waals surface area contributed by atoms with Gasteiger partial charge in [0.05, 0.1) is 19.9 Å². The predicted octanol–water partition coefficient (Wildman–Crippen LogP) is 2.80. The summed E-state index contributed by atoms with van der Waals surface area (Å²) in [4.78, 5) is 25.2. The van der Waals surface area contributed by atoms with E-state index in [1.807, 2.05) is 13.8 Å². The van der Waals surface area contributed by atoms with Crippen LogP contribution in [0.2, 0.25) is 0 Å². The number of ether oxygens (including phenoxy) is 2. The van der Waals surface area contributed by atoms with Gasteiger partial charge in [-0.2, -0.15) is 0 Å². The van der Waals surface area contributed by atoms with Gasteiger partial charge in [-0.25, -0.2) is 4.79 Å². The second kappa shape index (κ2) is 5.63. The van der Waals surface area contributed by atoms with Crippen LogP contribution in [0.4, 0.5) is 10.5 Å². The first-order valence-corrected chi connectivity index (χ1v) is 6.72. The summed E-state index contributed by atoms with van der Waals surface area (Å²) >= 11 is 0. The van der Waals surface area contributed by atoms with Crippen LogP contribution < -0.4 is 14.4 Å². The van der Waals surface area contributed by atoms with Crippen LogP contribution in [-0.2, 0) is 0 Å². The zero-order valence-electron chi connectivity index (χ0n) is 12.5. The molecule has 0 aliphatic carbocycles. The number of nitrogens with zero attached hydrogens (tertiary/aromatic N) is 1. The van der Waals surface area contributed by atoms with Crippen LogP contribution in [0, 0.1) is 5.92 Å². The fraction of sp³-hybridized carbons (Fsp3) is 0.467. The van der Waals surface area contributed by atoms with Gasteiger partial charge >= 0.3 is 6.09 Å². The molecule has 0 saturated heterocycles. The Kier molecular flexibility index (Phi) is 4.06. The van der Waals surface area contributed by atoms with E-state index in [0.717, 1.165) is 0 Å². The van der Waals surface area contributed by atoms with Crippen LogP contribution in [0.3, 0.4) is 0 Å². The normalized spacial score (nSPS) is 17.7. The van der Waals surface area contributed by atoms with E-state index in [9.17, 15) is 14.7 Å². The van der Waals surface area contributed by atoms with Gasteiger partial charge in [0.25, 0.3) is 0 Å². The maximum atomic E-state index is 12.3. The Bertz CT molecular complexity index is 582. The number of anilines is 1. The molecule has 0 bridgehead atoms. The number of amides is 1. The molecule has 1 aromatic carbocycles. The molecule has 0 radical (unpaired) electrons. The summed E-state index contributed by atoms with van der Waals surface area (Å²) in [5.41, 5.74) is 0.710. The quantitative estimate of drug-likeness (QED) is 0.927. The maximum Gasteiger partial charge on any atom is 0.412 e. The van der Waals surface area contributed by atoms with Crippen LogP contribution in [-0.4, -0.2) is 37.2 Å². The third-order valence-corrected chi connectivity index (χ3v) is 3.76. The third-order valence-electron chi connectivity index (χ3n) is 3.76. The minimum absolute atomic E-state index is 0.0336. The monoisotopic (exact) mass is 293 g/mol. The van der Waals surface area contributed by atoms with Crippen molar-refractivity contribution in [2.75, 3.05) is 19.1 Å². The molecule has 1 aliphatic rings. The zero-order chi connectivity index (χ0) is 15.7. The van der Waals surface area contributed by atoms with Crippen molar-refractivity contribution in [1.29, 1.82) is 0 Å². The van der Waals surface area contributed by atoms with E-state index >= 15 is 0 Å². The number of carboxylic acid groups (broad SMARTS) is 1. The largest absolute Gasteiger partial charge is 0.493 e. The molecule has 2 rings (SSSR count). The summed E-state index contributed by atoms with van der Waals surface area (Å²) in [5.74, 6) is 0.770. The van der Waals surface area contributed by atoms with Gasteiger partial charge in [-0.15, -0.1) is 0 Å². The minimum atomic E-state index is -1.07. The second-order valence-corrected chi connectivity index (χ2v) is 5.32. The number of carbonyl (C=O) groups is 2. The van der Waals surface area contributed by atoms with E-state index in [4.69, 9.17) is 9.47 Å². The third kappa shape index (κ3) is 2.53. The lowest BCUT2D eigenvalue weighted by atomic mass is 9.88. The van der Waals surface area contributed by atoms with Gasteiger partial charge in [0.1, 0.15) is 0 Å². The number of hydrogen-bond acceptors (Lipinski definition) is 4. The standard InChI is InChI=1S/C15H19NO5/c1-8(2)10-6-12(17)9-5-13(20-3)14(21-4)7-11(9)16(10)15(18)19/h5,7-8,10H,6H2,1-4H3,(H,18,19). The lowest BCUT2D eigenvalue weighted by Crippen LogP contribution is -2.47. The Hall–Kier alpha value is -2.24. The molecule has 1 aliphatic heterocycles. The van der Waals surface area contributed by atoms with Crippen molar-refractivity contribution < 1.29 is 24.2 Å². The molecule has 6 nitrogen and oxygen atoms in total. The summed E-state index contributed by atoms with van der Waals surface area (Å²) < 4.78 is 10.4. The molecule has 1 unspecified atom stereocenters. The Labute approximate surface area is 123 Å². The minimum Gasteiger partial charge on any atom is -0.493 e. The number of benzene rings is 1. The van der Waals surface area contributed by atoms with Gasteiger partial charge < -0.3 is 14.6 Å². The Morgan fingerprint density at radius 1 is 1.29 bits per heavy atom. The first-order chi connectivity index (χ1) is 9.90. The molecular formula is C15H19NO5. The van der Waals surface area contributed by atoms with Gasteiger partial charge in [-0.05, 0) is 12.0 Å². The highest BCUT2D eigenvalue weighted by Gasteiger charge is 2.37. The molecule has 114 valence electrons. The molecule has 0 saturated carbocycles. The molecule has 0 spiro atoms. The van der Waals surface area contributed by atoms with E-state index < -0.39 is 6.09 Å². The van der Waals surface area contributed by atoms with Crippen LogP contribution in [0.15, 0.2) is 12.1 Å². The average Bonchev–Trinajstić information content (AvgIpc) is 2.45. The van der Waals surface area contributed by atoms with Crippen molar-refractivity contribution in [3.8, 4) is 11.5 Å². The molecular weight excluding hydrogens is 274 g/mol. The van der Waals surface area contributed by atoms with Gasteiger partial charge in [-0.1, -0.05) is 13.8 Å². The summed E-state index contributed by atoms with van der Waals surface area (Å²) in [6.45, 7) is 3.80. The number of methoxy groups -OCH3 is 2. The number of fused-ring (bicyclic) bond motifs is 1. The molecule has 21 heavy (non-hydrogen) atoms. The lowest BCUT2D eigenvalue weighted by Gasteiger charge is -2.37. The summed E-state index contributed by atoms with van der Waals surface area (Å²) in [6.07, 6.45) is -0.901. The average molecular weight is 293 g/mol. The highest BCUT2D eigenvalue weighted by atomic mass is 16.5. The molecule has 1 heterocycles.